The molecule has 0 bridgehead atoms. The fraction of sp³-hybridized carbons (Fsp3) is 0.708. The summed E-state index contributed by atoms with van der Waals surface area (Å²) < 4.78 is 0. The summed E-state index contributed by atoms with van der Waals surface area (Å²) in [5, 5.41) is 4.08. The average Bonchev–Trinajstić information content (AvgIpc) is 3.47. The van der Waals surface area contributed by atoms with Gasteiger partial charge < -0.3 is 5.32 Å². The van der Waals surface area contributed by atoms with Crippen LogP contribution in [0.25, 0.3) is 0 Å². The van der Waals surface area contributed by atoms with E-state index >= 15 is 0 Å². The number of hydrogen-bond donors (Lipinski definition) is 1. The number of nitrogens with one attached hydrogen (secondary N) is 1. The SMILES string of the molecule is CCNC(=O)C1(C2CCCCC2)CC1c1ccc(C2CCCCC2)c(Cl)c1. The third-order valence-corrected chi connectivity index (χ3v) is 7.90. The van der Waals surface area contributed by atoms with Crippen LogP contribution in [-0.4, -0.2) is 12.5 Å². The highest BCUT2D eigenvalue weighted by Crippen LogP contribution is 2.66. The van der Waals surface area contributed by atoms with Gasteiger partial charge in [0.2, 0.25) is 5.91 Å². The number of carbonyl (C=O) groups excluding carboxylic acids is 1. The van der Waals surface area contributed by atoms with Gasteiger partial charge in [-0.05, 0) is 74.0 Å². The van der Waals surface area contributed by atoms with Crippen molar-refractivity contribution in [2.24, 2.45) is 11.3 Å². The van der Waals surface area contributed by atoms with Crippen molar-refractivity contribution >= 4 is 17.5 Å². The zero-order valence-corrected chi connectivity index (χ0v) is 17.5. The van der Waals surface area contributed by atoms with E-state index in [2.05, 4.69) is 23.5 Å². The van der Waals surface area contributed by atoms with Crippen molar-refractivity contribution < 1.29 is 4.79 Å². The summed E-state index contributed by atoms with van der Waals surface area (Å²) in [6.45, 7) is 2.75. The van der Waals surface area contributed by atoms with Gasteiger partial charge >= 0.3 is 0 Å². The molecule has 0 spiro atoms. The van der Waals surface area contributed by atoms with Gasteiger partial charge in [-0.3, -0.25) is 4.79 Å². The Morgan fingerprint density at radius 2 is 1.74 bits per heavy atom. The molecule has 1 N–H and O–H groups in total. The minimum atomic E-state index is -0.174. The Hall–Kier alpha value is -1.02. The zero-order valence-electron chi connectivity index (χ0n) is 16.7. The average molecular weight is 388 g/mol. The molecule has 3 heteroatoms. The maximum Gasteiger partial charge on any atom is 0.227 e. The molecule has 3 fully saturated rings. The van der Waals surface area contributed by atoms with Crippen molar-refractivity contribution in [1.82, 2.24) is 5.32 Å². The van der Waals surface area contributed by atoms with Gasteiger partial charge in [0.1, 0.15) is 0 Å². The third-order valence-electron chi connectivity index (χ3n) is 7.57. The second-order valence-corrected chi connectivity index (χ2v) is 9.51. The lowest BCUT2D eigenvalue weighted by atomic mass is 9.75. The summed E-state index contributed by atoms with van der Waals surface area (Å²) >= 11 is 6.75. The molecular weight excluding hydrogens is 354 g/mol. The molecule has 2 unspecified atom stereocenters. The van der Waals surface area contributed by atoms with Crippen LogP contribution in [-0.2, 0) is 4.79 Å². The molecule has 3 saturated carbocycles. The first kappa shape index (κ1) is 19.3. The Balaban J connectivity index is 1.56. The molecule has 0 saturated heterocycles. The lowest BCUT2D eigenvalue weighted by Gasteiger charge is -2.31. The first-order valence-corrected chi connectivity index (χ1v) is 11.6. The van der Waals surface area contributed by atoms with Crippen molar-refractivity contribution in [3.05, 3.63) is 34.3 Å². The molecule has 4 rings (SSSR count). The van der Waals surface area contributed by atoms with Crippen LogP contribution >= 0.6 is 11.6 Å². The number of benzene rings is 1. The van der Waals surface area contributed by atoms with Crippen LogP contribution in [0.3, 0.4) is 0 Å². The number of rotatable bonds is 5. The van der Waals surface area contributed by atoms with Gasteiger partial charge in [0.15, 0.2) is 0 Å². The second kappa shape index (κ2) is 8.15. The van der Waals surface area contributed by atoms with Crippen molar-refractivity contribution in [2.45, 2.75) is 89.4 Å². The minimum Gasteiger partial charge on any atom is -0.356 e. The summed E-state index contributed by atoms with van der Waals surface area (Å²) in [6, 6.07) is 6.75. The summed E-state index contributed by atoms with van der Waals surface area (Å²) in [5.74, 6) is 1.81. The van der Waals surface area contributed by atoms with Gasteiger partial charge in [-0.15, -0.1) is 0 Å². The van der Waals surface area contributed by atoms with Crippen molar-refractivity contribution in [2.75, 3.05) is 6.54 Å². The molecule has 1 aromatic carbocycles. The molecule has 1 aromatic rings. The Morgan fingerprint density at radius 1 is 1.07 bits per heavy atom. The number of halogens is 1. The maximum absolute atomic E-state index is 13.1. The Morgan fingerprint density at radius 3 is 2.37 bits per heavy atom. The van der Waals surface area contributed by atoms with Crippen LogP contribution in [0.2, 0.25) is 5.02 Å². The van der Waals surface area contributed by atoms with E-state index in [4.69, 9.17) is 11.6 Å². The molecule has 2 atom stereocenters. The quantitative estimate of drug-likeness (QED) is 0.607. The third kappa shape index (κ3) is 3.67. The van der Waals surface area contributed by atoms with Gasteiger partial charge in [-0.25, -0.2) is 0 Å². The van der Waals surface area contributed by atoms with Crippen LogP contribution in [0, 0.1) is 11.3 Å². The smallest absolute Gasteiger partial charge is 0.227 e. The van der Waals surface area contributed by atoms with E-state index in [1.165, 1.54) is 75.3 Å². The molecular formula is C24H34ClNO. The number of hydrogen-bond acceptors (Lipinski definition) is 1. The lowest BCUT2D eigenvalue weighted by molar-refractivity contribution is -0.129. The molecule has 1 amide bonds. The van der Waals surface area contributed by atoms with E-state index in [1.807, 2.05) is 6.92 Å². The monoisotopic (exact) mass is 387 g/mol. The van der Waals surface area contributed by atoms with Gasteiger partial charge in [-0.2, -0.15) is 0 Å². The molecule has 3 aliphatic rings. The van der Waals surface area contributed by atoms with Crippen molar-refractivity contribution in [1.29, 1.82) is 0 Å². The standard InChI is InChI=1S/C24H34ClNO/c1-2-26-23(27)24(19-11-7-4-8-12-19)16-21(24)18-13-14-20(22(25)15-18)17-9-5-3-6-10-17/h13-15,17,19,21H,2-12,16H2,1H3,(H,26,27). The lowest BCUT2D eigenvalue weighted by Crippen LogP contribution is -2.38. The highest BCUT2D eigenvalue weighted by Gasteiger charge is 2.64. The highest BCUT2D eigenvalue weighted by molar-refractivity contribution is 6.31. The van der Waals surface area contributed by atoms with E-state index in [-0.39, 0.29) is 11.3 Å². The summed E-state index contributed by atoms with van der Waals surface area (Å²) in [5.41, 5.74) is 2.45. The number of carbonyl (C=O) groups is 1. The molecule has 3 aliphatic carbocycles. The van der Waals surface area contributed by atoms with E-state index < -0.39 is 0 Å². The summed E-state index contributed by atoms with van der Waals surface area (Å²) in [4.78, 5) is 13.1. The van der Waals surface area contributed by atoms with Gasteiger partial charge in [0, 0.05) is 11.6 Å². The van der Waals surface area contributed by atoms with E-state index in [9.17, 15) is 4.79 Å². The topological polar surface area (TPSA) is 29.1 Å². The van der Waals surface area contributed by atoms with Crippen LogP contribution in [0.5, 0.6) is 0 Å². The van der Waals surface area contributed by atoms with E-state index in [0.717, 1.165) is 18.0 Å². The van der Waals surface area contributed by atoms with Crippen LogP contribution < -0.4 is 5.32 Å². The molecule has 0 radical (unpaired) electrons. The Bertz CT molecular complexity index is 675. The molecule has 27 heavy (non-hydrogen) atoms. The first-order valence-electron chi connectivity index (χ1n) is 11.2. The molecule has 0 heterocycles. The molecule has 148 valence electrons. The van der Waals surface area contributed by atoms with Gasteiger partial charge in [0.25, 0.3) is 0 Å². The Labute approximate surface area is 169 Å². The zero-order chi connectivity index (χ0) is 18.9. The van der Waals surface area contributed by atoms with Crippen LogP contribution in [0.15, 0.2) is 18.2 Å². The summed E-state index contributed by atoms with van der Waals surface area (Å²) in [6.07, 6.45) is 13.9. The molecule has 2 nitrogen and oxygen atoms in total. The normalized spacial score (nSPS) is 29.5. The second-order valence-electron chi connectivity index (χ2n) is 9.11. The van der Waals surface area contributed by atoms with Crippen molar-refractivity contribution in [3.8, 4) is 0 Å². The highest BCUT2D eigenvalue weighted by atomic mass is 35.5. The van der Waals surface area contributed by atoms with Crippen LogP contribution in [0.4, 0.5) is 0 Å². The van der Waals surface area contributed by atoms with Crippen molar-refractivity contribution in [3.63, 3.8) is 0 Å². The fourth-order valence-electron chi connectivity index (χ4n) is 6.03. The predicted octanol–water partition coefficient (Wildman–Crippen LogP) is 6.58. The van der Waals surface area contributed by atoms with Gasteiger partial charge in [-0.1, -0.05) is 62.3 Å². The summed E-state index contributed by atoms with van der Waals surface area (Å²) in [7, 11) is 0. The number of amides is 1. The minimum absolute atomic E-state index is 0.174. The first-order chi connectivity index (χ1) is 13.2. The fourth-order valence-corrected chi connectivity index (χ4v) is 6.37. The van der Waals surface area contributed by atoms with E-state index in [0.29, 0.717) is 17.8 Å². The predicted molar refractivity (Wildman–Crippen MR) is 112 cm³/mol. The molecule has 0 aliphatic heterocycles. The Kier molecular flexibility index (Phi) is 5.83. The maximum atomic E-state index is 13.1. The van der Waals surface area contributed by atoms with Crippen LogP contribution in [0.1, 0.15) is 101 Å². The van der Waals surface area contributed by atoms with Gasteiger partial charge in [0.05, 0.1) is 5.41 Å². The van der Waals surface area contributed by atoms with E-state index in [1.54, 1.807) is 0 Å². The molecule has 0 aromatic heterocycles. The largest absolute Gasteiger partial charge is 0.356 e.